The summed E-state index contributed by atoms with van der Waals surface area (Å²) in [4.78, 5) is 33.0. The Kier molecular flexibility index (Phi) is 8.82. The molecule has 3 aromatic rings. The average Bonchev–Trinajstić information content (AvgIpc) is 2.87. The van der Waals surface area contributed by atoms with Crippen molar-refractivity contribution in [1.82, 2.24) is 14.5 Å². The van der Waals surface area contributed by atoms with Gasteiger partial charge < -0.3 is 19.9 Å². The number of carbonyl (C=O) groups is 1. The highest BCUT2D eigenvalue weighted by Crippen LogP contribution is 2.30. The van der Waals surface area contributed by atoms with Crippen molar-refractivity contribution in [2.24, 2.45) is 11.7 Å². The molecular formula is C28H36N4O3. The number of benzene rings is 2. The summed E-state index contributed by atoms with van der Waals surface area (Å²) in [5.41, 5.74) is 8.69. The first kappa shape index (κ1) is 26.2. The molecule has 186 valence electrons. The molecule has 0 bridgehead atoms. The van der Waals surface area contributed by atoms with Crippen molar-refractivity contribution < 1.29 is 9.53 Å². The van der Waals surface area contributed by atoms with Crippen LogP contribution in [0.4, 0.5) is 0 Å². The first-order valence-corrected chi connectivity index (χ1v) is 12.0. The van der Waals surface area contributed by atoms with Crippen molar-refractivity contribution in [3.63, 3.8) is 0 Å². The summed E-state index contributed by atoms with van der Waals surface area (Å²) < 4.78 is 7.33. The molecule has 0 radical (unpaired) electrons. The summed E-state index contributed by atoms with van der Waals surface area (Å²) in [6.45, 7) is 9.31. The summed E-state index contributed by atoms with van der Waals surface area (Å²) in [5, 5.41) is 0. The summed E-state index contributed by atoms with van der Waals surface area (Å²) in [7, 11) is 1.59. The van der Waals surface area contributed by atoms with Gasteiger partial charge in [-0.2, -0.15) is 4.98 Å². The molecule has 0 saturated heterocycles. The van der Waals surface area contributed by atoms with Gasteiger partial charge in [-0.05, 0) is 62.6 Å². The lowest BCUT2D eigenvalue weighted by atomic mass is 9.98. The monoisotopic (exact) mass is 476 g/mol. The number of rotatable bonds is 10. The van der Waals surface area contributed by atoms with E-state index < -0.39 is 6.04 Å². The maximum Gasteiger partial charge on any atom is 0.276 e. The maximum atomic E-state index is 13.8. The predicted molar refractivity (Wildman–Crippen MR) is 139 cm³/mol. The zero-order valence-corrected chi connectivity index (χ0v) is 21.3. The Morgan fingerprint density at radius 1 is 1.09 bits per heavy atom. The van der Waals surface area contributed by atoms with Crippen LogP contribution in [0.5, 0.6) is 5.75 Å². The van der Waals surface area contributed by atoms with Gasteiger partial charge in [0, 0.05) is 29.9 Å². The Labute approximate surface area is 207 Å². The molecule has 1 amide bonds. The first-order valence-electron chi connectivity index (χ1n) is 12.0. The normalized spacial score (nSPS) is 12.0. The zero-order chi connectivity index (χ0) is 25.5. The molecule has 7 heteroatoms. The molecular weight excluding hydrogens is 440 g/mol. The molecule has 0 fully saturated rings. The third kappa shape index (κ3) is 5.98. The molecule has 1 atom stereocenters. The summed E-state index contributed by atoms with van der Waals surface area (Å²) in [5.74, 6) is 1.16. The van der Waals surface area contributed by atoms with Crippen molar-refractivity contribution >= 4 is 5.91 Å². The van der Waals surface area contributed by atoms with Crippen LogP contribution in [-0.4, -0.2) is 40.6 Å². The molecule has 1 unspecified atom stereocenters. The molecule has 0 aliphatic heterocycles. The number of nitrogens with two attached hydrogens (primary N) is 1. The number of hydrogen-bond donors (Lipinski definition) is 1. The standard InChI is InChI=1S/C28H36N4O3/c1-19(2)25(31(17-9-16-29)28(34)23-12-14-24(35-5)15-13-23)26-30-27(33)20(3)21(4)32(26)18-22-10-7-6-8-11-22/h6-8,10-15,19,25H,9,16-18,29H2,1-5H3. The molecule has 2 aromatic carbocycles. The minimum atomic E-state index is -0.410. The average molecular weight is 477 g/mol. The van der Waals surface area contributed by atoms with Crippen LogP contribution < -0.4 is 16.0 Å². The Morgan fingerprint density at radius 2 is 1.74 bits per heavy atom. The molecule has 35 heavy (non-hydrogen) atoms. The van der Waals surface area contributed by atoms with E-state index in [1.807, 2.05) is 30.0 Å². The zero-order valence-electron chi connectivity index (χ0n) is 21.3. The van der Waals surface area contributed by atoms with Gasteiger partial charge in [0.05, 0.1) is 13.2 Å². The second-order valence-electron chi connectivity index (χ2n) is 9.12. The van der Waals surface area contributed by atoms with E-state index in [4.69, 9.17) is 10.5 Å². The van der Waals surface area contributed by atoms with Crippen LogP contribution in [0.3, 0.4) is 0 Å². The molecule has 0 saturated carbocycles. The highest BCUT2D eigenvalue weighted by molar-refractivity contribution is 5.94. The molecule has 2 N–H and O–H groups in total. The minimum absolute atomic E-state index is 0.00556. The summed E-state index contributed by atoms with van der Waals surface area (Å²) in [6.07, 6.45) is 0.638. The number of nitrogens with zero attached hydrogens (tertiary/aromatic N) is 3. The van der Waals surface area contributed by atoms with Crippen LogP contribution in [0.2, 0.25) is 0 Å². The van der Waals surface area contributed by atoms with Gasteiger partial charge in [-0.15, -0.1) is 0 Å². The van der Waals surface area contributed by atoms with E-state index in [0.29, 0.717) is 48.8 Å². The molecule has 1 aromatic heterocycles. The van der Waals surface area contributed by atoms with Gasteiger partial charge in [-0.25, -0.2) is 0 Å². The lowest BCUT2D eigenvalue weighted by Crippen LogP contribution is -2.42. The molecule has 1 heterocycles. The van der Waals surface area contributed by atoms with Crippen LogP contribution in [0.1, 0.15) is 59.3 Å². The van der Waals surface area contributed by atoms with Gasteiger partial charge in [0.1, 0.15) is 11.6 Å². The quantitative estimate of drug-likeness (QED) is 0.476. The molecule has 7 nitrogen and oxygen atoms in total. The number of aromatic nitrogens is 2. The lowest BCUT2D eigenvalue weighted by molar-refractivity contribution is 0.0601. The maximum absolute atomic E-state index is 13.8. The van der Waals surface area contributed by atoms with Crippen molar-refractivity contribution in [2.45, 2.75) is 46.7 Å². The van der Waals surface area contributed by atoms with Crippen molar-refractivity contribution in [2.75, 3.05) is 20.2 Å². The second-order valence-corrected chi connectivity index (χ2v) is 9.12. The largest absolute Gasteiger partial charge is 0.497 e. The van der Waals surface area contributed by atoms with E-state index in [9.17, 15) is 9.59 Å². The Morgan fingerprint density at radius 3 is 2.31 bits per heavy atom. The van der Waals surface area contributed by atoms with Crippen LogP contribution in [-0.2, 0) is 6.54 Å². The predicted octanol–water partition coefficient (Wildman–Crippen LogP) is 4.11. The summed E-state index contributed by atoms with van der Waals surface area (Å²) >= 11 is 0. The topological polar surface area (TPSA) is 90.5 Å². The fourth-order valence-corrected chi connectivity index (χ4v) is 4.29. The second kappa shape index (κ2) is 11.8. The van der Waals surface area contributed by atoms with Crippen LogP contribution >= 0.6 is 0 Å². The fourth-order valence-electron chi connectivity index (χ4n) is 4.29. The van der Waals surface area contributed by atoms with Gasteiger partial charge in [0.25, 0.3) is 11.5 Å². The van der Waals surface area contributed by atoms with E-state index in [1.165, 1.54) is 0 Å². The highest BCUT2D eigenvalue weighted by atomic mass is 16.5. The van der Waals surface area contributed by atoms with Crippen LogP contribution in [0.15, 0.2) is 59.4 Å². The van der Waals surface area contributed by atoms with Gasteiger partial charge in [0.2, 0.25) is 0 Å². The third-order valence-electron chi connectivity index (χ3n) is 6.38. The van der Waals surface area contributed by atoms with E-state index in [1.54, 1.807) is 38.3 Å². The van der Waals surface area contributed by atoms with Gasteiger partial charge >= 0.3 is 0 Å². The minimum Gasteiger partial charge on any atom is -0.497 e. The lowest BCUT2D eigenvalue weighted by Gasteiger charge is -2.36. The number of methoxy groups -OCH3 is 1. The molecule has 0 spiro atoms. The SMILES string of the molecule is COc1ccc(C(=O)N(CCCN)C(c2nc(=O)c(C)c(C)n2Cc2ccccc2)C(C)C)cc1. The Balaban J connectivity index is 2.15. The Bertz CT molecular complexity index is 1190. The fraction of sp³-hybridized carbons (Fsp3) is 0.393. The number of ether oxygens (including phenoxy) is 1. The van der Waals surface area contributed by atoms with Gasteiger partial charge in [-0.1, -0.05) is 44.2 Å². The smallest absolute Gasteiger partial charge is 0.276 e. The van der Waals surface area contributed by atoms with E-state index in [-0.39, 0.29) is 17.4 Å². The van der Waals surface area contributed by atoms with Crippen molar-refractivity contribution in [3.8, 4) is 5.75 Å². The van der Waals surface area contributed by atoms with Gasteiger partial charge in [0.15, 0.2) is 0 Å². The van der Waals surface area contributed by atoms with Crippen molar-refractivity contribution in [1.29, 1.82) is 0 Å². The third-order valence-corrected chi connectivity index (χ3v) is 6.38. The van der Waals surface area contributed by atoms with Crippen LogP contribution in [0.25, 0.3) is 0 Å². The molecule has 0 aliphatic carbocycles. The highest BCUT2D eigenvalue weighted by Gasteiger charge is 2.32. The van der Waals surface area contributed by atoms with Gasteiger partial charge in [-0.3, -0.25) is 9.59 Å². The number of amides is 1. The Hall–Kier alpha value is -3.45. The van der Waals surface area contributed by atoms with Crippen molar-refractivity contribution in [3.05, 3.63) is 93.2 Å². The number of carbonyl (C=O) groups excluding carboxylic acids is 1. The van der Waals surface area contributed by atoms with Crippen LogP contribution in [0, 0.1) is 19.8 Å². The molecule has 0 aliphatic rings. The first-order chi connectivity index (χ1) is 16.8. The van der Waals surface area contributed by atoms with E-state index in [2.05, 4.69) is 35.5 Å². The number of hydrogen-bond acceptors (Lipinski definition) is 5. The van der Waals surface area contributed by atoms with E-state index in [0.717, 1.165) is 11.3 Å². The summed E-state index contributed by atoms with van der Waals surface area (Å²) in [6, 6.07) is 16.7. The van der Waals surface area contributed by atoms with E-state index >= 15 is 0 Å². The molecule has 3 rings (SSSR count).